The Morgan fingerprint density at radius 3 is 2.80 bits per heavy atom. The molecule has 4 nitrogen and oxygen atoms in total. The topological polar surface area (TPSA) is 55.4 Å². The van der Waals surface area contributed by atoms with Gasteiger partial charge in [0.1, 0.15) is 4.88 Å². The lowest BCUT2D eigenvalue weighted by Gasteiger charge is -2.22. The first-order valence-corrected chi connectivity index (χ1v) is 10.4. The number of amides is 1. The molecule has 2 aliphatic carbocycles. The second kappa shape index (κ2) is 8.35. The van der Waals surface area contributed by atoms with E-state index in [-0.39, 0.29) is 11.9 Å². The van der Waals surface area contributed by atoms with Crippen molar-refractivity contribution < 1.29 is 14.3 Å². The first-order chi connectivity index (χ1) is 12.0. The van der Waals surface area contributed by atoms with Gasteiger partial charge in [-0.3, -0.25) is 4.79 Å². The highest BCUT2D eigenvalue weighted by Crippen LogP contribution is 2.32. The van der Waals surface area contributed by atoms with Crippen molar-refractivity contribution in [3.63, 3.8) is 0 Å². The van der Waals surface area contributed by atoms with Crippen molar-refractivity contribution in [2.45, 2.75) is 71.3 Å². The number of thiophene rings is 1. The molecule has 1 aromatic rings. The van der Waals surface area contributed by atoms with E-state index in [4.69, 9.17) is 4.74 Å². The number of nitrogens with one attached hydrogen (secondary N) is 1. The van der Waals surface area contributed by atoms with E-state index in [1.54, 1.807) is 6.92 Å². The number of carbonyl (C=O) groups is 2. The number of rotatable bonds is 5. The quantitative estimate of drug-likeness (QED) is 0.801. The minimum absolute atomic E-state index is 0.186. The summed E-state index contributed by atoms with van der Waals surface area (Å²) in [5.41, 5.74) is 1.28. The van der Waals surface area contributed by atoms with Gasteiger partial charge in [0, 0.05) is 11.4 Å². The summed E-state index contributed by atoms with van der Waals surface area (Å²) in [6, 6.07) is 1.96. The highest BCUT2D eigenvalue weighted by atomic mass is 32.1. The molecule has 0 bridgehead atoms. The Hall–Kier alpha value is -1.36. The lowest BCUT2D eigenvalue weighted by molar-refractivity contribution is -0.129. The smallest absolute Gasteiger partial charge is 0.349 e. The summed E-state index contributed by atoms with van der Waals surface area (Å²) in [5, 5.41) is 2.95. The number of esters is 1. The molecule has 0 spiro atoms. The Balaban J connectivity index is 1.49. The molecule has 0 aromatic carbocycles. The van der Waals surface area contributed by atoms with Crippen LogP contribution >= 0.6 is 11.3 Å². The van der Waals surface area contributed by atoms with E-state index in [1.165, 1.54) is 60.3 Å². The van der Waals surface area contributed by atoms with Crippen LogP contribution in [0.4, 0.5) is 0 Å². The average molecular weight is 364 g/mol. The van der Waals surface area contributed by atoms with Gasteiger partial charge in [-0.05, 0) is 62.5 Å². The Kier molecular flexibility index (Phi) is 6.15. The summed E-state index contributed by atoms with van der Waals surface area (Å²) in [7, 11) is 0. The molecule has 138 valence electrons. The van der Waals surface area contributed by atoms with E-state index < -0.39 is 6.10 Å². The van der Waals surface area contributed by atoms with Crippen LogP contribution in [-0.4, -0.2) is 24.5 Å². The van der Waals surface area contributed by atoms with Crippen molar-refractivity contribution in [2.24, 2.45) is 11.8 Å². The van der Waals surface area contributed by atoms with E-state index in [0.717, 1.165) is 12.8 Å². The standard InChI is InChI=1S/C20H29NO3S/c1-13-8-9-17-16(10-13)11-18(25-17)20(23)24-14(2)19(22)21-12-15-6-4-3-5-7-15/h11,13-15H,3-10,12H2,1-2H3,(H,21,22)/t13-,14-/m1/s1. The number of carbonyl (C=O) groups excluding carboxylic acids is 2. The zero-order valence-corrected chi connectivity index (χ0v) is 16.1. The van der Waals surface area contributed by atoms with Gasteiger partial charge >= 0.3 is 5.97 Å². The summed E-state index contributed by atoms with van der Waals surface area (Å²) in [6.45, 7) is 4.60. The highest BCUT2D eigenvalue weighted by molar-refractivity contribution is 7.14. The molecule has 0 radical (unpaired) electrons. The predicted molar refractivity (Wildman–Crippen MR) is 100.0 cm³/mol. The zero-order chi connectivity index (χ0) is 17.8. The van der Waals surface area contributed by atoms with Gasteiger partial charge in [-0.25, -0.2) is 4.79 Å². The van der Waals surface area contributed by atoms with Crippen LogP contribution in [0, 0.1) is 11.8 Å². The number of fused-ring (bicyclic) bond motifs is 1. The molecule has 1 amide bonds. The van der Waals surface area contributed by atoms with E-state index in [9.17, 15) is 9.59 Å². The largest absolute Gasteiger partial charge is 0.448 e. The average Bonchev–Trinajstić information content (AvgIpc) is 3.03. The summed E-state index contributed by atoms with van der Waals surface area (Å²) in [5.74, 6) is 0.698. The molecule has 25 heavy (non-hydrogen) atoms. The number of hydrogen-bond donors (Lipinski definition) is 1. The number of aryl methyl sites for hydroxylation is 1. The van der Waals surface area contributed by atoms with Crippen molar-refractivity contribution in [3.8, 4) is 0 Å². The molecule has 1 heterocycles. The second-order valence-electron chi connectivity index (χ2n) is 7.70. The normalized spacial score (nSPS) is 22.1. The molecule has 0 aliphatic heterocycles. The van der Waals surface area contributed by atoms with Crippen molar-refractivity contribution in [1.82, 2.24) is 5.32 Å². The lowest BCUT2D eigenvalue weighted by atomic mass is 9.89. The molecule has 2 aliphatic rings. The maximum absolute atomic E-state index is 12.4. The third kappa shape index (κ3) is 4.84. The van der Waals surface area contributed by atoms with Gasteiger partial charge < -0.3 is 10.1 Å². The zero-order valence-electron chi connectivity index (χ0n) is 15.3. The fourth-order valence-corrected chi connectivity index (χ4v) is 4.95. The molecule has 5 heteroatoms. The fraction of sp³-hybridized carbons (Fsp3) is 0.700. The molecular formula is C20H29NO3S. The highest BCUT2D eigenvalue weighted by Gasteiger charge is 2.24. The molecule has 0 unspecified atom stereocenters. The van der Waals surface area contributed by atoms with Crippen molar-refractivity contribution in [3.05, 3.63) is 21.4 Å². The van der Waals surface area contributed by atoms with Crippen molar-refractivity contribution in [2.75, 3.05) is 6.54 Å². The number of ether oxygens (including phenoxy) is 1. The van der Waals surface area contributed by atoms with Crippen LogP contribution in [0.1, 0.15) is 72.5 Å². The Morgan fingerprint density at radius 2 is 2.04 bits per heavy atom. The van der Waals surface area contributed by atoms with Crippen molar-refractivity contribution >= 4 is 23.2 Å². The van der Waals surface area contributed by atoms with E-state index in [0.29, 0.717) is 23.3 Å². The predicted octanol–water partition coefficient (Wildman–Crippen LogP) is 4.11. The van der Waals surface area contributed by atoms with E-state index in [2.05, 4.69) is 12.2 Å². The van der Waals surface area contributed by atoms with Gasteiger partial charge in [0.15, 0.2) is 6.10 Å². The van der Waals surface area contributed by atoms with Crippen LogP contribution < -0.4 is 5.32 Å². The van der Waals surface area contributed by atoms with Gasteiger partial charge in [-0.1, -0.05) is 26.2 Å². The summed E-state index contributed by atoms with van der Waals surface area (Å²) in [6.07, 6.45) is 8.72. The fourth-order valence-electron chi connectivity index (χ4n) is 3.86. The summed E-state index contributed by atoms with van der Waals surface area (Å²) in [4.78, 5) is 26.5. The molecule has 1 fully saturated rings. The first-order valence-electron chi connectivity index (χ1n) is 9.63. The van der Waals surface area contributed by atoms with Gasteiger partial charge in [0.2, 0.25) is 0 Å². The van der Waals surface area contributed by atoms with Gasteiger partial charge in [-0.15, -0.1) is 11.3 Å². The minimum Gasteiger partial charge on any atom is -0.448 e. The first kappa shape index (κ1) is 18.4. The van der Waals surface area contributed by atoms with Crippen LogP contribution in [0.25, 0.3) is 0 Å². The Morgan fingerprint density at radius 1 is 1.28 bits per heavy atom. The van der Waals surface area contributed by atoms with Crippen LogP contribution in [0.2, 0.25) is 0 Å². The van der Waals surface area contributed by atoms with E-state index >= 15 is 0 Å². The minimum atomic E-state index is -0.742. The van der Waals surface area contributed by atoms with Crippen molar-refractivity contribution in [1.29, 1.82) is 0 Å². The molecule has 1 N–H and O–H groups in total. The molecule has 3 rings (SSSR count). The van der Waals surface area contributed by atoms with Gasteiger partial charge in [-0.2, -0.15) is 0 Å². The van der Waals surface area contributed by atoms with E-state index in [1.807, 2.05) is 6.07 Å². The molecule has 0 saturated heterocycles. The second-order valence-corrected chi connectivity index (χ2v) is 8.84. The summed E-state index contributed by atoms with van der Waals surface area (Å²) >= 11 is 1.53. The third-order valence-corrected chi connectivity index (χ3v) is 6.69. The third-order valence-electron chi connectivity index (χ3n) is 5.47. The maximum atomic E-state index is 12.4. The van der Waals surface area contributed by atoms with Crippen LogP contribution in [-0.2, 0) is 22.4 Å². The Labute approximate surface area is 154 Å². The molecular weight excluding hydrogens is 334 g/mol. The molecule has 1 aromatic heterocycles. The Bertz CT molecular complexity index is 618. The summed E-state index contributed by atoms with van der Waals surface area (Å²) < 4.78 is 5.40. The van der Waals surface area contributed by atoms with Crippen LogP contribution in [0.5, 0.6) is 0 Å². The monoisotopic (exact) mass is 363 g/mol. The van der Waals surface area contributed by atoms with Crippen LogP contribution in [0.3, 0.4) is 0 Å². The SMILES string of the molecule is C[C@@H]1CCc2sc(C(=O)O[C@H](C)C(=O)NCC3CCCCC3)cc2C1. The molecule has 1 saturated carbocycles. The lowest BCUT2D eigenvalue weighted by Crippen LogP contribution is -2.38. The maximum Gasteiger partial charge on any atom is 0.349 e. The van der Waals surface area contributed by atoms with Gasteiger partial charge in [0.25, 0.3) is 5.91 Å². The number of hydrogen-bond acceptors (Lipinski definition) is 4. The van der Waals surface area contributed by atoms with Crippen LogP contribution in [0.15, 0.2) is 6.07 Å². The van der Waals surface area contributed by atoms with Gasteiger partial charge in [0.05, 0.1) is 0 Å². The molecule has 2 atom stereocenters.